The Hall–Kier alpha value is -2.76. The number of aromatic nitrogens is 2. The van der Waals surface area contributed by atoms with E-state index in [0.29, 0.717) is 5.69 Å². The Kier molecular flexibility index (Phi) is 4.79. The molecule has 6 nitrogen and oxygen atoms in total. The molecule has 0 N–H and O–H groups in total. The van der Waals surface area contributed by atoms with Gasteiger partial charge in [0.05, 0.1) is 24.6 Å². The standard InChI is InChI=1S/C19H20N2O4/c1-3-24-17(22)19(18(23)25-4-2)10-13-9-16(21-12-14(13)11-19)15-7-5-6-8-20-15/h5-9,12H,3-4,10-11H2,1-2H3. The summed E-state index contributed by atoms with van der Waals surface area (Å²) in [5, 5.41) is 0. The van der Waals surface area contributed by atoms with Crippen molar-refractivity contribution >= 4 is 11.9 Å². The SMILES string of the molecule is CCOC(=O)C1(C(=O)OCC)Cc2cnc(-c3ccccn3)cc2C1. The number of ether oxygens (including phenoxy) is 2. The van der Waals surface area contributed by atoms with Crippen LogP contribution in [0.25, 0.3) is 11.4 Å². The van der Waals surface area contributed by atoms with Gasteiger partial charge >= 0.3 is 11.9 Å². The van der Waals surface area contributed by atoms with E-state index in [1.165, 1.54) is 0 Å². The Morgan fingerprint density at radius 3 is 2.28 bits per heavy atom. The number of carbonyl (C=O) groups is 2. The van der Waals surface area contributed by atoms with Gasteiger partial charge in [0.15, 0.2) is 5.41 Å². The lowest BCUT2D eigenvalue weighted by atomic mass is 9.84. The minimum atomic E-state index is -1.32. The highest BCUT2D eigenvalue weighted by Crippen LogP contribution is 2.40. The molecular weight excluding hydrogens is 320 g/mol. The fourth-order valence-corrected chi connectivity index (χ4v) is 3.13. The normalized spacial score (nSPS) is 14.6. The zero-order chi connectivity index (χ0) is 17.9. The summed E-state index contributed by atoms with van der Waals surface area (Å²) in [5.41, 5.74) is 1.90. The second-order valence-corrected chi connectivity index (χ2v) is 5.93. The third kappa shape index (κ3) is 3.12. The van der Waals surface area contributed by atoms with Crippen LogP contribution in [-0.4, -0.2) is 35.1 Å². The van der Waals surface area contributed by atoms with Crippen molar-refractivity contribution in [3.8, 4) is 11.4 Å². The molecule has 3 rings (SSSR count). The van der Waals surface area contributed by atoms with Crippen molar-refractivity contribution in [2.45, 2.75) is 26.7 Å². The molecule has 0 saturated carbocycles. The van der Waals surface area contributed by atoms with Crippen LogP contribution in [0.5, 0.6) is 0 Å². The van der Waals surface area contributed by atoms with E-state index < -0.39 is 17.4 Å². The largest absolute Gasteiger partial charge is 0.465 e. The van der Waals surface area contributed by atoms with Crippen LogP contribution >= 0.6 is 0 Å². The Morgan fingerprint density at radius 2 is 1.68 bits per heavy atom. The number of pyridine rings is 2. The third-order valence-corrected chi connectivity index (χ3v) is 4.33. The molecule has 0 atom stereocenters. The van der Waals surface area contributed by atoms with Crippen molar-refractivity contribution in [1.29, 1.82) is 0 Å². The van der Waals surface area contributed by atoms with Crippen LogP contribution in [0.15, 0.2) is 36.7 Å². The van der Waals surface area contributed by atoms with E-state index in [0.717, 1.165) is 16.8 Å². The van der Waals surface area contributed by atoms with Crippen LogP contribution in [0, 0.1) is 5.41 Å². The second-order valence-electron chi connectivity index (χ2n) is 5.93. The molecule has 130 valence electrons. The molecule has 0 fully saturated rings. The summed E-state index contributed by atoms with van der Waals surface area (Å²) in [6.45, 7) is 3.88. The van der Waals surface area contributed by atoms with Crippen molar-refractivity contribution in [3.63, 3.8) is 0 Å². The maximum atomic E-state index is 12.6. The van der Waals surface area contributed by atoms with Gasteiger partial charge in [0.2, 0.25) is 0 Å². The topological polar surface area (TPSA) is 78.4 Å². The van der Waals surface area contributed by atoms with Crippen molar-refractivity contribution in [2.75, 3.05) is 13.2 Å². The van der Waals surface area contributed by atoms with E-state index in [1.807, 2.05) is 24.3 Å². The molecule has 0 unspecified atom stereocenters. The summed E-state index contributed by atoms with van der Waals surface area (Å²) in [7, 11) is 0. The van der Waals surface area contributed by atoms with Gasteiger partial charge in [-0.25, -0.2) is 0 Å². The number of carbonyl (C=O) groups excluding carboxylic acids is 2. The quantitative estimate of drug-likeness (QED) is 0.614. The lowest BCUT2D eigenvalue weighted by molar-refractivity contribution is -0.171. The Morgan fingerprint density at radius 1 is 1.00 bits per heavy atom. The van der Waals surface area contributed by atoms with E-state index in [-0.39, 0.29) is 26.1 Å². The van der Waals surface area contributed by atoms with E-state index in [4.69, 9.17) is 9.47 Å². The lowest BCUT2D eigenvalue weighted by Crippen LogP contribution is -2.43. The average Bonchev–Trinajstić information content (AvgIpc) is 3.03. The van der Waals surface area contributed by atoms with Crippen molar-refractivity contribution in [1.82, 2.24) is 9.97 Å². The predicted octanol–water partition coefficient (Wildman–Crippen LogP) is 2.35. The molecule has 2 aromatic rings. The summed E-state index contributed by atoms with van der Waals surface area (Å²) in [6.07, 6.45) is 3.91. The monoisotopic (exact) mass is 340 g/mol. The number of esters is 2. The van der Waals surface area contributed by atoms with E-state index in [9.17, 15) is 9.59 Å². The van der Waals surface area contributed by atoms with Crippen LogP contribution in [0.4, 0.5) is 0 Å². The van der Waals surface area contributed by atoms with Gasteiger partial charge in [-0.2, -0.15) is 0 Å². The minimum Gasteiger partial charge on any atom is -0.465 e. The Balaban J connectivity index is 1.96. The summed E-state index contributed by atoms with van der Waals surface area (Å²) < 4.78 is 10.3. The number of nitrogens with zero attached hydrogens (tertiary/aromatic N) is 2. The van der Waals surface area contributed by atoms with Crippen LogP contribution in [0.1, 0.15) is 25.0 Å². The van der Waals surface area contributed by atoms with Gasteiger partial charge in [0, 0.05) is 18.8 Å². The van der Waals surface area contributed by atoms with Crippen LogP contribution in [-0.2, 0) is 31.9 Å². The second kappa shape index (κ2) is 7.01. The molecule has 0 bridgehead atoms. The number of hydrogen-bond acceptors (Lipinski definition) is 6. The Bertz CT molecular complexity index is 771. The van der Waals surface area contributed by atoms with E-state index >= 15 is 0 Å². The molecule has 0 amide bonds. The van der Waals surface area contributed by atoms with Gasteiger partial charge < -0.3 is 9.47 Å². The maximum absolute atomic E-state index is 12.6. The highest BCUT2D eigenvalue weighted by molar-refractivity contribution is 6.01. The number of fused-ring (bicyclic) bond motifs is 1. The average molecular weight is 340 g/mol. The zero-order valence-corrected chi connectivity index (χ0v) is 14.3. The molecule has 0 saturated heterocycles. The number of hydrogen-bond donors (Lipinski definition) is 0. The molecule has 2 aromatic heterocycles. The molecule has 2 heterocycles. The molecule has 0 spiro atoms. The molecular formula is C19H20N2O4. The summed E-state index contributed by atoms with van der Waals surface area (Å²) in [4.78, 5) is 33.8. The van der Waals surface area contributed by atoms with Gasteiger partial charge in [-0.1, -0.05) is 6.07 Å². The first-order chi connectivity index (χ1) is 12.1. The first-order valence-electron chi connectivity index (χ1n) is 8.34. The lowest BCUT2D eigenvalue weighted by Gasteiger charge is -2.23. The van der Waals surface area contributed by atoms with Crippen LogP contribution in [0.3, 0.4) is 0 Å². The van der Waals surface area contributed by atoms with Gasteiger partial charge in [-0.05, 0) is 49.6 Å². The molecule has 1 aliphatic carbocycles. The first-order valence-corrected chi connectivity index (χ1v) is 8.34. The molecule has 6 heteroatoms. The summed E-state index contributed by atoms with van der Waals surface area (Å²) in [5.74, 6) is -1.08. The van der Waals surface area contributed by atoms with E-state index in [1.54, 1.807) is 26.2 Å². The molecule has 25 heavy (non-hydrogen) atoms. The highest BCUT2D eigenvalue weighted by atomic mass is 16.6. The van der Waals surface area contributed by atoms with E-state index in [2.05, 4.69) is 9.97 Å². The van der Waals surface area contributed by atoms with Crippen LogP contribution in [0.2, 0.25) is 0 Å². The minimum absolute atomic E-state index is 0.216. The fraction of sp³-hybridized carbons (Fsp3) is 0.368. The first kappa shape index (κ1) is 17.1. The molecule has 0 aliphatic heterocycles. The Labute approximate surface area is 146 Å². The molecule has 1 aliphatic rings. The van der Waals surface area contributed by atoms with Gasteiger partial charge in [-0.3, -0.25) is 19.6 Å². The summed E-state index contributed by atoms with van der Waals surface area (Å²) >= 11 is 0. The molecule has 0 aromatic carbocycles. The van der Waals surface area contributed by atoms with Crippen LogP contribution < -0.4 is 0 Å². The highest BCUT2D eigenvalue weighted by Gasteiger charge is 2.53. The smallest absolute Gasteiger partial charge is 0.324 e. The van der Waals surface area contributed by atoms with Gasteiger partial charge in [-0.15, -0.1) is 0 Å². The third-order valence-electron chi connectivity index (χ3n) is 4.33. The molecule has 0 radical (unpaired) electrons. The van der Waals surface area contributed by atoms with Gasteiger partial charge in [0.25, 0.3) is 0 Å². The maximum Gasteiger partial charge on any atom is 0.324 e. The predicted molar refractivity (Wildman–Crippen MR) is 90.6 cm³/mol. The van der Waals surface area contributed by atoms with Crippen molar-refractivity contribution in [2.24, 2.45) is 5.41 Å². The summed E-state index contributed by atoms with van der Waals surface area (Å²) in [6, 6.07) is 7.48. The van der Waals surface area contributed by atoms with Gasteiger partial charge in [0.1, 0.15) is 0 Å². The zero-order valence-electron chi connectivity index (χ0n) is 14.3. The van der Waals surface area contributed by atoms with Crippen molar-refractivity contribution in [3.05, 3.63) is 47.8 Å². The fourth-order valence-electron chi connectivity index (χ4n) is 3.13. The number of rotatable bonds is 5. The van der Waals surface area contributed by atoms with Crippen molar-refractivity contribution < 1.29 is 19.1 Å².